The Labute approximate surface area is 126 Å². The van der Waals surface area contributed by atoms with Crippen LogP contribution in [-0.4, -0.2) is 47.1 Å². The summed E-state index contributed by atoms with van der Waals surface area (Å²) in [6.45, 7) is 8.73. The first-order valence-corrected chi connectivity index (χ1v) is 8.05. The smallest absolute Gasteiger partial charge is 0.135 e. The van der Waals surface area contributed by atoms with E-state index >= 15 is 0 Å². The molecule has 1 atom stereocenters. The summed E-state index contributed by atoms with van der Waals surface area (Å²) < 4.78 is 0. The molecule has 0 saturated carbocycles. The molecule has 3 rings (SSSR count). The molecule has 2 aliphatic rings. The number of rotatable bonds is 2. The Morgan fingerprint density at radius 3 is 2.85 bits per heavy atom. The van der Waals surface area contributed by atoms with Crippen LogP contribution in [0.5, 0.6) is 0 Å². The first-order valence-electron chi connectivity index (χ1n) is 7.67. The Morgan fingerprint density at radius 1 is 1.20 bits per heavy atom. The summed E-state index contributed by atoms with van der Waals surface area (Å²) in [7, 11) is 0. The highest BCUT2D eigenvalue weighted by atomic mass is 35.5. The number of aromatic nitrogens is 2. The summed E-state index contributed by atoms with van der Waals surface area (Å²) in [6.07, 6.45) is 4.02. The van der Waals surface area contributed by atoms with E-state index in [4.69, 9.17) is 16.6 Å². The maximum Gasteiger partial charge on any atom is 0.135 e. The van der Waals surface area contributed by atoms with Crippen molar-refractivity contribution < 1.29 is 0 Å². The predicted octanol–water partition coefficient (Wildman–Crippen LogP) is 2.93. The molecule has 0 aromatic carbocycles. The van der Waals surface area contributed by atoms with Crippen molar-refractivity contribution in [2.75, 3.05) is 31.1 Å². The normalized spacial score (nSPS) is 24.0. The predicted molar refractivity (Wildman–Crippen MR) is 82.6 cm³/mol. The molecule has 0 N–H and O–H groups in total. The summed E-state index contributed by atoms with van der Waals surface area (Å²) in [5.41, 5.74) is 0. The summed E-state index contributed by atoms with van der Waals surface area (Å²) in [5, 5.41) is 0.560. The molecule has 0 amide bonds. The number of hydrogen-bond donors (Lipinski definition) is 0. The van der Waals surface area contributed by atoms with E-state index in [-0.39, 0.29) is 0 Å². The van der Waals surface area contributed by atoms with Gasteiger partial charge in [0, 0.05) is 37.7 Å². The van der Waals surface area contributed by atoms with Gasteiger partial charge in [0.25, 0.3) is 0 Å². The summed E-state index contributed by atoms with van der Waals surface area (Å²) in [5.74, 6) is 2.15. The zero-order valence-electron chi connectivity index (χ0n) is 12.3. The third-order valence-electron chi connectivity index (χ3n) is 4.38. The topological polar surface area (TPSA) is 32.3 Å². The van der Waals surface area contributed by atoms with Gasteiger partial charge in [-0.2, -0.15) is 0 Å². The number of halogens is 1. The number of hydrogen-bond acceptors (Lipinski definition) is 4. The molecule has 1 aromatic heterocycles. The van der Waals surface area contributed by atoms with Crippen LogP contribution in [0.2, 0.25) is 5.15 Å². The van der Waals surface area contributed by atoms with E-state index in [1.54, 1.807) is 0 Å². The van der Waals surface area contributed by atoms with Gasteiger partial charge in [0.15, 0.2) is 0 Å². The highest BCUT2D eigenvalue weighted by molar-refractivity contribution is 6.29. The number of fused-ring (bicyclic) bond motifs is 1. The Hall–Kier alpha value is -0.870. The largest absolute Gasteiger partial charge is 0.354 e. The third-order valence-corrected chi connectivity index (χ3v) is 4.57. The lowest BCUT2D eigenvalue weighted by atomic mass is 9.99. The zero-order valence-corrected chi connectivity index (χ0v) is 13.1. The molecule has 4 nitrogen and oxygen atoms in total. The van der Waals surface area contributed by atoms with Crippen LogP contribution in [0.1, 0.15) is 44.9 Å². The molecule has 1 aromatic rings. The van der Waals surface area contributed by atoms with Crippen LogP contribution in [-0.2, 0) is 0 Å². The fraction of sp³-hybridized carbons (Fsp3) is 0.733. The van der Waals surface area contributed by atoms with Crippen molar-refractivity contribution in [3.8, 4) is 0 Å². The third kappa shape index (κ3) is 2.91. The lowest BCUT2D eigenvalue weighted by Gasteiger charge is -2.44. The molecular formula is C15H23ClN4. The molecule has 2 fully saturated rings. The average molecular weight is 295 g/mol. The first kappa shape index (κ1) is 14.1. The summed E-state index contributed by atoms with van der Waals surface area (Å²) >= 11 is 6.16. The lowest BCUT2D eigenvalue weighted by molar-refractivity contribution is 0.133. The minimum absolute atomic E-state index is 0.309. The van der Waals surface area contributed by atoms with Crippen LogP contribution in [0.4, 0.5) is 5.82 Å². The fourth-order valence-corrected chi connectivity index (χ4v) is 3.39. The number of piperidine rings is 1. The fourth-order valence-electron chi connectivity index (χ4n) is 3.21. The van der Waals surface area contributed by atoms with Gasteiger partial charge in [0.05, 0.1) is 0 Å². The Morgan fingerprint density at radius 2 is 2.05 bits per heavy atom. The second-order valence-corrected chi connectivity index (χ2v) is 6.58. The van der Waals surface area contributed by atoms with Gasteiger partial charge in [-0.05, 0) is 19.4 Å². The lowest BCUT2D eigenvalue weighted by Crippen LogP contribution is -2.55. The van der Waals surface area contributed by atoms with Crippen LogP contribution in [0.3, 0.4) is 0 Å². The van der Waals surface area contributed by atoms with Gasteiger partial charge in [0.2, 0.25) is 0 Å². The number of piperazine rings is 1. The molecule has 0 spiro atoms. The van der Waals surface area contributed by atoms with Gasteiger partial charge < -0.3 is 4.90 Å². The van der Waals surface area contributed by atoms with Crippen molar-refractivity contribution in [3.63, 3.8) is 0 Å². The standard InChI is InChI=1S/C15H23ClN4/c1-11(2)15-17-13(16)9-14(18-15)20-8-7-19-6-4-3-5-12(19)10-20/h9,11-12H,3-8,10H2,1-2H3. The maximum absolute atomic E-state index is 6.16. The Bertz CT molecular complexity index is 477. The van der Waals surface area contributed by atoms with Gasteiger partial charge in [-0.3, -0.25) is 4.90 Å². The van der Waals surface area contributed by atoms with Crippen molar-refractivity contribution >= 4 is 17.4 Å². The van der Waals surface area contributed by atoms with Crippen LogP contribution in [0.15, 0.2) is 6.07 Å². The molecule has 1 unspecified atom stereocenters. The van der Waals surface area contributed by atoms with Gasteiger partial charge >= 0.3 is 0 Å². The van der Waals surface area contributed by atoms with E-state index in [9.17, 15) is 0 Å². The molecule has 0 aliphatic carbocycles. The average Bonchev–Trinajstić information content (AvgIpc) is 2.46. The second-order valence-electron chi connectivity index (χ2n) is 6.19. The first-order chi connectivity index (χ1) is 9.63. The molecule has 0 bridgehead atoms. The SMILES string of the molecule is CC(C)c1nc(Cl)cc(N2CCN3CCCCC3C2)n1. The zero-order chi connectivity index (χ0) is 14.1. The van der Waals surface area contributed by atoms with Crippen LogP contribution in [0.25, 0.3) is 0 Å². The molecule has 3 heterocycles. The van der Waals surface area contributed by atoms with Crippen molar-refractivity contribution in [2.45, 2.75) is 45.1 Å². The number of nitrogens with zero attached hydrogens (tertiary/aromatic N) is 4. The molecule has 5 heteroatoms. The molecule has 20 heavy (non-hydrogen) atoms. The molecule has 2 saturated heterocycles. The number of anilines is 1. The van der Waals surface area contributed by atoms with Crippen molar-refractivity contribution in [1.29, 1.82) is 0 Å². The minimum Gasteiger partial charge on any atom is -0.354 e. The van der Waals surface area contributed by atoms with Gasteiger partial charge in [-0.1, -0.05) is 31.9 Å². The molecular weight excluding hydrogens is 272 g/mol. The minimum atomic E-state index is 0.309. The Kier molecular flexibility index (Phi) is 4.13. The van der Waals surface area contributed by atoms with Crippen molar-refractivity contribution in [3.05, 3.63) is 17.0 Å². The monoisotopic (exact) mass is 294 g/mol. The van der Waals surface area contributed by atoms with E-state index in [0.29, 0.717) is 17.1 Å². The molecule has 0 radical (unpaired) electrons. The van der Waals surface area contributed by atoms with E-state index in [2.05, 4.69) is 28.6 Å². The highest BCUT2D eigenvalue weighted by Gasteiger charge is 2.29. The van der Waals surface area contributed by atoms with Crippen molar-refractivity contribution in [2.24, 2.45) is 0 Å². The molecule has 2 aliphatic heterocycles. The summed E-state index contributed by atoms with van der Waals surface area (Å²) in [4.78, 5) is 14.0. The van der Waals surface area contributed by atoms with Gasteiger partial charge in [0.1, 0.15) is 16.8 Å². The van der Waals surface area contributed by atoms with Crippen LogP contribution < -0.4 is 4.90 Å². The van der Waals surface area contributed by atoms with Gasteiger partial charge in [-0.15, -0.1) is 0 Å². The quantitative estimate of drug-likeness (QED) is 0.785. The Balaban J connectivity index is 1.79. The van der Waals surface area contributed by atoms with Crippen LogP contribution in [0, 0.1) is 0 Å². The highest BCUT2D eigenvalue weighted by Crippen LogP contribution is 2.26. The van der Waals surface area contributed by atoms with Gasteiger partial charge in [-0.25, -0.2) is 9.97 Å². The second kappa shape index (κ2) is 5.86. The van der Waals surface area contributed by atoms with E-state index in [1.165, 1.54) is 25.8 Å². The van der Waals surface area contributed by atoms with E-state index in [0.717, 1.165) is 31.3 Å². The maximum atomic E-state index is 6.16. The molecule has 110 valence electrons. The summed E-state index contributed by atoms with van der Waals surface area (Å²) in [6, 6.07) is 2.60. The van der Waals surface area contributed by atoms with Crippen molar-refractivity contribution in [1.82, 2.24) is 14.9 Å². The van der Waals surface area contributed by atoms with E-state index in [1.807, 2.05) is 6.07 Å². The van der Waals surface area contributed by atoms with E-state index < -0.39 is 0 Å². The van der Waals surface area contributed by atoms with Crippen LogP contribution >= 0.6 is 11.6 Å².